The Bertz CT molecular complexity index is 1440. The summed E-state index contributed by atoms with van der Waals surface area (Å²) in [4.78, 5) is 6.72. The SMILES string of the molecule is CCS[C@@H]1[C@H](O[Si](C)(C)C(C)(C)C)[C@@H](COC(c2ccccc2)(c2ccc(OC)cc2)c2ccc(OC)cc2)O[C@H]1N1C=CC=NC1. The molecule has 9 heteroatoms. The molecule has 2 heterocycles. The van der Waals surface area contributed by atoms with Crippen molar-refractivity contribution in [1.29, 1.82) is 0 Å². The number of benzene rings is 3. The quantitative estimate of drug-likeness (QED) is 0.134. The van der Waals surface area contributed by atoms with Crippen LogP contribution in [-0.4, -0.2) is 76.4 Å². The summed E-state index contributed by atoms with van der Waals surface area (Å²) in [6.07, 6.45) is 5.20. The summed E-state index contributed by atoms with van der Waals surface area (Å²) in [5, 5.41) is 0.113. The van der Waals surface area contributed by atoms with E-state index in [-0.39, 0.29) is 28.7 Å². The number of ether oxygens (including phenoxy) is 4. The van der Waals surface area contributed by atoms with Crippen LogP contribution in [0.5, 0.6) is 11.5 Å². The van der Waals surface area contributed by atoms with E-state index in [0.717, 1.165) is 33.9 Å². The molecule has 0 amide bonds. The Morgan fingerprint density at radius 3 is 1.94 bits per heavy atom. The van der Waals surface area contributed by atoms with Crippen LogP contribution in [0.15, 0.2) is 96.1 Å². The van der Waals surface area contributed by atoms with Crippen LogP contribution in [0, 0.1) is 0 Å². The average molecular weight is 675 g/mol. The van der Waals surface area contributed by atoms with E-state index in [2.05, 4.69) is 105 Å². The van der Waals surface area contributed by atoms with Gasteiger partial charge in [0, 0.05) is 12.4 Å². The molecule has 0 unspecified atom stereocenters. The molecule has 2 aliphatic rings. The summed E-state index contributed by atoms with van der Waals surface area (Å²) < 4.78 is 32.8. The van der Waals surface area contributed by atoms with E-state index in [1.54, 1.807) is 14.2 Å². The van der Waals surface area contributed by atoms with Gasteiger partial charge in [-0.05, 0) is 70.9 Å². The van der Waals surface area contributed by atoms with E-state index in [9.17, 15) is 0 Å². The lowest BCUT2D eigenvalue weighted by molar-refractivity contribution is -0.101. The lowest BCUT2D eigenvalue weighted by Gasteiger charge is -2.41. The van der Waals surface area contributed by atoms with Crippen LogP contribution in [-0.2, 0) is 19.5 Å². The largest absolute Gasteiger partial charge is 0.497 e. The van der Waals surface area contributed by atoms with Gasteiger partial charge in [0.15, 0.2) is 8.32 Å². The van der Waals surface area contributed by atoms with Crippen molar-refractivity contribution in [3.05, 3.63) is 108 Å². The fourth-order valence-electron chi connectivity index (χ4n) is 5.98. The standard InChI is InChI=1S/C38H50N2O5SSi/c1-9-46-35-34(45-47(7,8)37(2,3)4)33(44-36(35)40-25-13-24-39-27-40)26-43-38(28-14-11-10-12-15-28,29-16-20-31(41-5)21-17-29)30-18-22-32(42-6)23-19-30/h10-25,33-36H,9,26-27H2,1-8H3/t33-,34-,35-,36-/m1/s1. The molecule has 0 N–H and O–H groups in total. The highest BCUT2D eigenvalue weighted by atomic mass is 32.2. The number of rotatable bonds is 13. The number of methoxy groups -OCH3 is 2. The number of nitrogens with zero attached hydrogens (tertiary/aromatic N) is 2. The zero-order valence-corrected chi connectivity index (χ0v) is 30.8. The van der Waals surface area contributed by atoms with Crippen molar-refractivity contribution in [2.24, 2.45) is 4.99 Å². The lowest BCUT2D eigenvalue weighted by Crippen LogP contribution is -2.50. The summed E-state index contributed by atoms with van der Waals surface area (Å²) >= 11 is 1.90. The first kappa shape index (κ1) is 35.2. The van der Waals surface area contributed by atoms with Crippen molar-refractivity contribution in [2.45, 2.75) is 75.1 Å². The third-order valence-electron chi connectivity index (χ3n) is 9.56. The maximum absolute atomic E-state index is 7.36. The molecule has 5 rings (SSSR count). The predicted molar refractivity (Wildman–Crippen MR) is 195 cm³/mol. The van der Waals surface area contributed by atoms with Gasteiger partial charge in [0.25, 0.3) is 0 Å². The Morgan fingerprint density at radius 2 is 1.45 bits per heavy atom. The minimum atomic E-state index is -2.19. The fourth-order valence-corrected chi connectivity index (χ4v) is 8.61. The van der Waals surface area contributed by atoms with Crippen LogP contribution >= 0.6 is 11.8 Å². The van der Waals surface area contributed by atoms with Crippen molar-refractivity contribution in [3.63, 3.8) is 0 Å². The van der Waals surface area contributed by atoms with Crippen LogP contribution in [0.4, 0.5) is 0 Å². The van der Waals surface area contributed by atoms with Crippen LogP contribution in [0.2, 0.25) is 18.1 Å². The number of hydrogen-bond donors (Lipinski definition) is 0. The van der Waals surface area contributed by atoms with E-state index in [4.69, 9.17) is 23.4 Å². The smallest absolute Gasteiger partial charge is 0.192 e. The average Bonchev–Trinajstić information content (AvgIpc) is 3.42. The second kappa shape index (κ2) is 15.0. The Morgan fingerprint density at radius 1 is 0.872 bits per heavy atom. The first-order chi connectivity index (χ1) is 22.5. The van der Waals surface area contributed by atoms with Gasteiger partial charge in [-0.25, -0.2) is 0 Å². The molecular weight excluding hydrogens is 625 g/mol. The summed E-state index contributed by atoms with van der Waals surface area (Å²) in [7, 11) is 1.18. The molecule has 4 atom stereocenters. The third kappa shape index (κ3) is 7.49. The molecule has 0 saturated carbocycles. The number of thioether (sulfide) groups is 1. The van der Waals surface area contributed by atoms with E-state index >= 15 is 0 Å². The van der Waals surface area contributed by atoms with E-state index < -0.39 is 13.9 Å². The molecule has 7 nitrogen and oxygen atoms in total. The zero-order valence-electron chi connectivity index (χ0n) is 29.0. The van der Waals surface area contributed by atoms with Crippen molar-refractivity contribution < 1.29 is 23.4 Å². The zero-order chi connectivity index (χ0) is 33.7. The first-order valence-electron chi connectivity index (χ1n) is 16.4. The molecule has 252 valence electrons. The monoisotopic (exact) mass is 674 g/mol. The Kier molecular flexibility index (Phi) is 11.2. The van der Waals surface area contributed by atoms with Gasteiger partial charge in [0.1, 0.15) is 36.1 Å². The Balaban J connectivity index is 1.61. The highest BCUT2D eigenvalue weighted by Gasteiger charge is 2.52. The number of aliphatic imine (C=N–C) groups is 1. The third-order valence-corrected chi connectivity index (χ3v) is 15.3. The molecule has 0 spiro atoms. The van der Waals surface area contributed by atoms with Crippen molar-refractivity contribution in [3.8, 4) is 11.5 Å². The lowest BCUT2D eigenvalue weighted by atomic mass is 9.80. The van der Waals surface area contributed by atoms with Gasteiger partial charge in [-0.15, -0.1) is 0 Å². The molecule has 0 radical (unpaired) electrons. The molecule has 2 aliphatic heterocycles. The maximum atomic E-state index is 7.36. The van der Waals surface area contributed by atoms with Gasteiger partial charge in [0.05, 0.1) is 32.2 Å². The summed E-state index contributed by atoms with van der Waals surface area (Å²) in [5.74, 6) is 2.51. The van der Waals surface area contributed by atoms with Crippen molar-refractivity contribution >= 4 is 26.3 Å². The molecule has 0 aliphatic carbocycles. The van der Waals surface area contributed by atoms with Gasteiger partial charge in [-0.2, -0.15) is 11.8 Å². The predicted octanol–water partition coefficient (Wildman–Crippen LogP) is 8.11. The maximum Gasteiger partial charge on any atom is 0.192 e. The van der Waals surface area contributed by atoms with E-state index in [1.165, 1.54) is 0 Å². The minimum absolute atomic E-state index is 0.0350. The van der Waals surface area contributed by atoms with Gasteiger partial charge in [-0.3, -0.25) is 4.99 Å². The normalized spacial score (nSPS) is 21.7. The van der Waals surface area contributed by atoms with Crippen molar-refractivity contribution in [2.75, 3.05) is 33.2 Å². The van der Waals surface area contributed by atoms with Crippen molar-refractivity contribution in [1.82, 2.24) is 4.90 Å². The van der Waals surface area contributed by atoms with Crippen LogP contribution in [0.25, 0.3) is 0 Å². The van der Waals surface area contributed by atoms with Gasteiger partial charge in [0.2, 0.25) is 0 Å². The highest BCUT2D eigenvalue weighted by Crippen LogP contribution is 2.46. The molecule has 0 bridgehead atoms. The molecule has 3 aromatic rings. The second-order valence-electron chi connectivity index (χ2n) is 13.5. The minimum Gasteiger partial charge on any atom is -0.497 e. The second-order valence-corrected chi connectivity index (χ2v) is 19.7. The van der Waals surface area contributed by atoms with E-state index in [1.807, 2.05) is 54.4 Å². The summed E-state index contributed by atoms with van der Waals surface area (Å²) in [6.45, 7) is 14.6. The summed E-state index contributed by atoms with van der Waals surface area (Å²) in [6, 6.07) is 26.7. The Hall–Kier alpha value is -3.08. The van der Waals surface area contributed by atoms with Gasteiger partial charge in [-0.1, -0.05) is 82.3 Å². The Labute approximate surface area is 286 Å². The summed E-state index contributed by atoms with van der Waals surface area (Å²) in [5.41, 5.74) is 2.03. The van der Waals surface area contributed by atoms with Crippen LogP contribution < -0.4 is 9.47 Å². The highest BCUT2D eigenvalue weighted by molar-refractivity contribution is 8.00. The van der Waals surface area contributed by atoms with Crippen LogP contribution in [0.3, 0.4) is 0 Å². The fraction of sp³-hybridized carbons (Fsp3) is 0.447. The topological polar surface area (TPSA) is 61.8 Å². The van der Waals surface area contributed by atoms with E-state index in [0.29, 0.717) is 13.3 Å². The molecule has 47 heavy (non-hydrogen) atoms. The molecule has 1 fully saturated rings. The molecule has 3 aromatic carbocycles. The number of allylic oxidation sites excluding steroid dienone is 1. The molecular formula is C38H50N2O5SSi. The molecule has 1 saturated heterocycles. The van der Waals surface area contributed by atoms with Crippen LogP contribution in [0.1, 0.15) is 44.4 Å². The first-order valence-corrected chi connectivity index (χ1v) is 20.4. The van der Waals surface area contributed by atoms with Gasteiger partial charge < -0.3 is 28.3 Å². The van der Waals surface area contributed by atoms with Gasteiger partial charge >= 0.3 is 0 Å². The number of hydrogen-bond acceptors (Lipinski definition) is 8. The molecule has 0 aromatic heterocycles.